The van der Waals surface area contributed by atoms with E-state index in [0.29, 0.717) is 19.1 Å². The van der Waals surface area contributed by atoms with Gasteiger partial charge in [-0.05, 0) is 92.0 Å². The summed E-state index contributed by atoms with van der Waals surface area (Å²) < 4.78 is 6.45. The van der Waals surface area contributed by atoms with E-state index >= 15 is 0 Å². The summed E-state index contributed by atoms with van der Waals surface area (Å²) in [5.41, 5.74) is 6.90. The Morgan fingerprint density at radius 2 is 2.00 bits per heavy atom. The summed E-state index contributed by atoms with van der Waals surface area (Å²) in [5.74, 6) is 1.32. The Bertz CT molecular complexity index is 1390. The van der Waals surface area contributed by atoms with Gasteiger partial charge in [-0.1, -0.05) is 37.3 Å². The lowest BCUT2D eigenvalue weighted by Crippen LogP contribution is -2.38. The molecule has 3 aromatic rings. The summed E-state index contributed by atoms with van der Waals surface area (Å²) >= 11 is 0. The van der Waals surface area contributed by atoms with Gasteiger partial charge < -0.3 is 14.7 Å². The average molecular weight is 526 g/mol. The smallest absolute Gasteiger partial charge is 0.310 e. The lowest BCUT2D eigenvalue weighted by Gasteiger charge is -2.34. The highest BCUT2D eigenvalue weighted by Crippen LogP contribution is 2.58. The number of hydrogen-bond acceptors (Lipinski definition) is 5. The first-order valence-corrected chi connectivity index (χ1v) is 14.4. The van der Waals surface area contributed by atoms with Crippen LogP contribution in [0.5, 0.6) is 5.75 Å². The van der Waals surface area contributed by atoms with Gasteiger partial charge in [0, 0.05) is 37.8 Å². The standard InChI is InChI=1S/C33H39N3O3/c1-4-22(2)35-16-14-27-23(3)25(13-12-24(27)19-35)21-39-30-10-6-5-8-28(30)29-9-7-11-31(34-29)36-17-15-33(32(37)38)18-26(33)20-36/h5-13,22,26H,4,14-21H2,1-3H3,(H,37,38)/t22?,26?,33-/m1/s1. The van der Waals surface area contributed by atoms with Crippen molar-refractivity contribution in [3.8, 4) is 17.0 Å². The Morgan fingerprint density at radius 1 is 1.15 bits per heavy atom. The Balaban J connectivity index is 1.18. The van der Waals surface area contributed by atoms with Crippen LogP contribution in [0.3, 0.4) is 0 Å². The summed E-state index contributed by atoms with van der Waals surface area (Å²) in [6, 6.07) is 19.4. The van der Waals surface area contributed by atoms with E-state index in [-0.39, 0.29) is 5.92 Å². The zero-order chi connectivity index (χ0) is 27.1. The molecular formula is C33H39N3O3. The maximum Gasteiger partial charge on any atom is 0.310 e. The highest BCUT2D eigenvalue weighted by molar-refractivity contribution is 5.79. The maximum absolute atomic E-state index is 11.7. The Kier molecular flexibility index (Phi) is 6.84. The van der Waals surface area contributed by atoms with E-state index in [0.717, 1.165) is 61.8 Å². The minimum Gasteiger partial charge on any atom is -0.488 e. The number of carboxylic acids is 1. The van der Waals surface area contributed by atoms with Gasteiger partial charge in [-0.15, -0.1) is 0 Å². The molecular weight excluding hydrogens is 486 g/mol. The molecule has 6 rings (SSSR count). The number of piperidine rings is 1. The fourth-order valence-corrected chi connectivity index (χ4v) is 6.61. The number of carboxylic acid groups (broad SMARTS) is 1. The summed E-state index contributed by atoms with van der Waals surface area (Å²) in [7, 11) is 0. The monoisotopic (exact) mass is 525 g/mol. The van der Waals surface area contributed by atoms with Gasteiger partial charge in [0.15, 0.2) is 0 Å². The molecule has 2 unspecified atom stereocenters. The second kappa shape index (κ2) is 10.3. The number of ether oxygens (including phenoxy) is 1. The van der Waals surface area contributed by atoms with Gasteiger partial charge >= 0.3 is 5.97 Å². The third-order valence-corrected chi connectivity index (χ3v) is 9.58. The molecule has 1 aromatic heterocycles. The van der Waals surface area contributed by atoms with Gasteiger partial charge in [-0.25, -0.2) is 4.98 Å². The Labute approximate surface area is 231 Å². The van der Waals surface area contributed by atoms with Crippen molar-refractivity contribution in [2.24, 2.45) is 11.3 Å². The number of aromatic nitrogens is 1. The molecule has 1 saturated heterocycles. The first kappa shape index (κ1) is 25.9. The molecule has 1 aliphatic carbocycles. The molecule has 1 saturated carbocycles. The normalized spacial score (nSPS) is 23.1. The Hall–Kier alpha value is -3.38. The van der Waals surface area contributed by atoms with Crippen LogP contribution in [0, 0.1) is 18.3 Å². The number of carbonyl (C=O) groups is 1. The highest BCUT2D eigenvalue weighted by atomic mass is 16.5. The van der Waals surface area contributed by atoms with Crippen LogP contribution in [-0.2, 0) is 24.4 Å². The molecule has 0 amide bonds. The summed E-state index contributed by atoms with van der Waals surface area (Å²) in [4.78, 5) is 21.5. The average Bonchev–Trinajstić information content (AvgIpc) is 3.72. The molecule has 6 heteroatoms. The van der Waals surface area contributed by atoms with Gasteiger partial charge in [0.05, 0.1) is 11.1 Å². The van der Waals surface area contributed by atoms with Crippen LogP contribution in [-0.4, -0.2) is 46.6 Å². The molecule has 0 bridgehead atoms. The van der Waals surface area contributed by atoms with E-state index in [4.69, 9.17) is 9.72 Å². The zero-order valence-corrected chi connectivity index (χ0v) is 23.3. The molecule has 6 nitrogen and oxygen atoms in total. The minimum atomic E-state index is -0.637. The molecule has 204 valence electrons. The van der Waals surface area contributed by atoms with E-state index in [2.05, 4.69) is 48.8 Å². The van der Waals surface area contributed by atoms with E-state index in [1.807, 2.05) is 36.4 Å². The van der Waals surface area contributed by atoms with Crippen molar-refractivity contribution in [3.63, 3.8) is 0 Å². The van der Waals surface area contributed by atoms with Crippen molar-refractivity contribution in [2.45, 2.75) is 65.6 Å². The van der Waals surface area contributed by atoms with Crippen LogP contribution in [0.25, 0.3) is 11.3 Å². The maximum atomic E-state index is 11.7. The van der Waals surface area contributed by atoms with Gasteiger partial charge in [-0.3, -0.25) is 9.69 Å². The molecule has 2 fully saturated rings. The number of hydrogen-bond donors (Lipinski definition) is 1. The highest BCUT2D eigenvalue weighted by Gasteiger charge is 2.62. The quantitative estimate of drug-likeness (QED) is 0.384. The number of aliphatic carboxylic acids is 1. The number of anilines is 1. The largest absolute Gasteiger partial charge is 0.488 e. The van der Waals surface area contributed by atoms with Crippen LogP contribution in [0.1, 0.15) is 55.4 Å². The number of fused-ring (bicyclic) bond motifs is 2. The lowest BCUT2D eigenvalue weighted by molar-refractivity contribution is -0.144. The lowest BCUT2D eigenvalue weighted by atomic mass is 9.91. The van der Waals surface area contributed by atoms with Gasteiger partial charge in [0.1, 0.15) is 18.2 Å². The number of nitrogens with zero attached hydrogens (tertiary/aromatic N) is 3. The van der Waals surface area contributed by atoms with Gasteiger partial charge in [0.2, 0.25) is 0 Å². The predicted molar refractivity (Wildman–Crippen MR) is 154 cm³/mol. The van der Waals surface area contributed by atoms with Crippen molar-refractivity contribution in [1.29, 1.82) is 0 Å². The fourth-order valence-electron chi connectivity index (χ4n) is 6.61. The molecule has 2 aromatic carbocycles. The van der Waals surface area contributed by atoms with E-state index in [1.54, 1.807) is 0 Å². The molecule has 3 heterocycles. The van der Waals surface area contributed by atoms with Crippen LogP contribution in [0.15, 0.2) is 54.6 Å². The molecule has 0 radical (unpaired) electrons. The van der Waals surface area contributed by atoms with Crippen molar-refractivity contribution in [2.75, 3.05) is 24.5 Å². The minimum absolute atomic E-state index is 0.225. The van der Waals surface area contributed by atoms with Gasteiger partial charge in [0.25, 0.3) is 0 Å². The number of para-hydroxylation sites is 1. The summed E-state index contributed by atoms with van der Waals surface area (Å²) in [6.45, 7) is 11.0. The van der Waals surface area contributed by atoms with Crippen molar-refractivity contribution < 1.29 is 14.6 Å². The zero-order valence-electron chi connectivity index (χ0n) is 23.3. The first-order valence-electron chi connectivity index (χ1n) is 14.4. The molecule has 2 aliphatic heterocycles. The van der Waals surface area contributed by atoms with Crippen LogP contribution >= 0.6 is 0 Å². The molecule has 3 aliphatic rings. The van der Waals surface area contributed by atoms with Crippen molar-refractivity contribution in [1.82, 2.24) is 9.88 Å². The topological polar surface area (TPSA) is 65.9 Å². The van der Waals surface area contributed by atoms with Crippen LogP contribution < -0.4 is 9.64 Å². The van der Waals surface area contributed by atoms with Crippen molar-refractivity contribution >= 4 is 11.8 Å². The number of pyridine rings is 1. The van der Waals surface area contributed by atoms with Crippen LogP contribution in [0.2, 0.25) is 0 Å². The van der Waals surface area contributed by atoms with Crippen molar-refractivity contribution in [3.05, 3.63) is 76.9 Å². The second-order valence-electron chi connectivity index (χ2n) is 11.7. The summed E-state index contributed by atoms with van der Waals surface area (Å²) in [6.07, 6.45) is 3.75. The van der Waals surface area contributed by atoms with Gasteiger partial charge in [-0.2, -0.15) is 0 Å². The number of rotatable bonds is 8. The first-order chi connectivity index (χ1) is 18.9. The second-order valence-corrected chi connectivity index (χ2v) is 11.7. The molecule has 1 N–H and O–H groups in total. The molecule has 3 atom stereocenters. The third kappa shape index (κ3) is 4.80. The molecule has 39 heavy (non-hydrogen) atoms. The SMILES string of the molecule is CCC(C)N1CCc2c(ccc(COc3ccccc3-c3cccc(N4CC[C@@]5(C(=O)O)CC5C4)n3)c2C)C1. The van der Waals surface area contributed by atoms with E-state index in [9.17, 15) is 9.90 Å². The molecule has 0 spiro atoms. The predicted octanol–water partition coefficient (Wildman–Crippen LogP) is 6.09. The van der Waals surface area contributed by atoms with E-state index in [1.165, 1.54) is 28.7 Å². The summed E-state index contributed by atoms with van der Waals surface area (Å²) in [5, 5.41) is 9.62. The van der Waals surface area contributed by atoms with E-state index < -0.39 is 11.4 Å². The Morgan fingerprint density at radius 3 is 2.79 bits per heavy atom. The fraction of sp³-hybridized carbons (Fsp3) is 0.455. The van der Waals surface area contributed by atoms with Crippen LogP contribution in [0.4, 0.5) is 5.82 Å². The third-order valence-electron chi connectivity index (χ3n) is 9.58. The number of benzene rings is 2.